The van der Waals surface area contributed by atoms with Gasteiger partial charge in [-0.05, 0) is 61.6 Å². The topological polar surface area (TPSA) is 24.9 Å². The van der Waals surface area contributed by atoms with E-state index >= 15 is 0 Å². The van der Waals surface area contributed by atoms with Gasteiger partial charge in [-0.15, -0.1) is 0 Å². The van der Waals surface area contributed by atoms with E-state index in [0.29, 0.717) is 0 Å². The number of nitrogens with zero attached hydrogens (tertiary/aromatic N) is 1. The van der Waals surface area contributed by atoms with E-state index in [-0.39, 0.29) is 0 Å². The van der Waals surface area contributed by atoms with Crippen LogP contribution in [-0.2, 0) is 0 Å². The summed E-state index contributed by atoms with van der Waals surface area (Å²) in [5.74, 6) is 3.93. The van der Waals surface area contributed by atoms with Crippen molar-refractivity contribution < 1.29 is 0 Å². The molecule has 0 atom stereocenters. The SMILES string of the molecule is c1ccc2nc(NCC(C3CC3)C3CC3)ccc2c1. The lowest BCUT2D eigenvalue weighted by molar-refractivity contribution is 0.428. The summed E-state index contributed by atoms with van der Waals surface area (Å²) in [5, 5.41) is 4.79. The molecule has 19 heavy (non-hydrogen) atoms. The molecule has 2 aromatic rings. The summed E-state index contributed by atoms with van der Waals surface area (Å²) in [5.41, 5.74) is 1.09. The molecular formula is C17H20N2. The smallest absolute Gasteiger partial charge is 0.126 e. The number of hydrogen-bond donors (Lipinski definition) is 1. The maximum absolute atomic E-state index is 4.70. The molecule has 2 fully saturated rings. The third kappa shape index (κ3) is 2.44. The van der Waals surface area contributed by atoms with Crippen LogP contribution in [0, 0.1) is 17.8 Å². The van der Waals surface area contributed by atoms with Crippen molar-refractivity contribution in [3.8, 4) is 0 Å². The molecular weight excluding hydrogens is 232 g/mol. The van der Waals surface area contributed by atoms with E-state index in [0.717, 1.165) is 35.6 Å². The molecule has 0 radical (unpaired) electrons. The molecule has 2 aliphatic carbocycles. The first kappa shape index (κ1) is 11.3. The number of pyridine rings is 1. The van der Waals surface area contributed by atoms with E-state index < -0.39 is 0 Å². The Hall–Kier alpha value is -1.57. The van der Waals surface area contributed by atoms with E-state index in [1.807, 2.05) is 0 Å². The number of para-hydroxylation sites is 1. The highest BCUT2D eigenvalue weighted by molar-refractivity contribution is 5.80. The predicted octanol–water partition coefficient (Wildman–Crippen LogP) is 4.08. The number of nitrogens with one attached hydrogen (secondary N) is 1. The lowest BCUT2D eigenvalue weighted by Crippen LogP contribution is -2.18. The predicted molar refractivity (Wildman–Crippen MR) is 79.2 cm³/mol. The summed E-state index contributed by atoms with van der Waals surface area (Å²) in [4.78, 5) is 4.70. The van der Waals surface area contributed by atoms with E-state index in [2.05, 4.69) is 41.7 Å². The number of aromatic nitrogens is 1. The number of fused-ring (bicyclic) bond motifs is 1. The maximum Gasteiger partial charge on any atom is 0.126 e. The van der Waals surface area contributed by atoms with Gasteiger partial charge in [0.2, 0.25) is 0 Å². The lowest BCUT2D eigenvalue weighted by atomic mass is 9.98. The standard InChI is InChI=1S/C17H20N2/c1-2-4-16-14(3-1)9-10-17(19-16)18-11-15(12-5-6-12)13-7-8-13/h1-4,9-10,12-13,15H,5-8,11H2,(H,18,19). The molecule has 2 aliphatic rings. The molecule has 1 aromatic carbocycles. The van der Waals surface area contributed by atoms with E-state index in [9.17, 15) is 0 Å². The molecule has 0 aliphatic heterocycles. The van der Waals surface area contributed by atoms with Crippen LogP contribution in [0.2, 0.25) is 0 Å². The highest BCUT2D eigenvalue weighted by Gasteiger charge is 2.40. The Morgan fingerprint density at radius 3 is 2.47 bits per heavy atom. The fourth-order valence-corrected chi connectivity index (χ4v) is 3.15. The highest BCUT2D eigenvalue weighted by Crippen LogP contribution is 2.49. The molecule has 0 amide bonds. The van der Waals surface area contributed by atoms with Gasteiger partial charge in [-0.2, -0.15) is 0 Å². The first-order chi connectivity index (χ1) is 9.40. The van der Waals surface area contributed by atoms with Crippen molar-refractivity contribution in [2.24, 2.45) is 17.8 Å². The zero-order valence-electron chi connectivity index (χ0n) is 11.2. The van der Waals surface area contributed by atoms with Crippen molar-refractivity contribution >= 4 is 16.7 Å². The molecule has 0 bridgehead atoms. The monoisotopic (exact) mass is 252 g/mol. The summed E-state index contributed by atoms with van der Waals surface area (Å²) in [6.07, 6.45) is 5.81. The first-order valence-corrected chi connectivity index (χ1v) is 7.50. The quantitative estimate of drug-likeness (QED) is 0.867. The van der Waals surface area contributed by atoms with Gasteiger partial charge in [0.05, 0.1) is 5.52 Å². The van der Waals surface area contributed by atoms with E-state index in [1.54, 1.807) is 0 Å². The number of rotatable bonds is 5. The van der Waals surface area contributed by atoms with Gasteiger partial charge in [0.25, 0.3) is 0 Å². The number of anilines is 1. The molecule has 2 saturated carbocycles. The number of benzene rings is 1. The van der Waals surface area contributed by atoms with E-state index in [1.165, 1.54) is 31.1 Å². The average Bonchev–Trinajstić information content (AvgIpc) is 3.32. The van der Waals surface area contributed by atoms with Crippen molar-refractivity contribution in [1.29, 1.82) is 0 Å². The highest BCUT2D eigenvalue weighted by atomic mass is 15.0. The van der Waals surface area contributed by atoms with Gasteiger partial charge >= 0.3 is 0 Å². The fraction of sp³-hybridized carbons (Fsp3) is 0.471. The van der Waals surface area contributed by atoms with Crippen LogP contribution in [0.3, 0.4) is 0 Å². The molecule has 0 spiro atoms. The van der Waals surface area contributed by atoms with Crippen molar-refractivity contribution in [3.05, 3.63) is 36.4 Å². The zero-order valence-corrected chi connectivity index (χ0v) is 11.2. The molecule has 0 unspecified atom stereocenters. The number of hydrogen-bond acceptors (Lipinski definition) is 2. The van der Waals surface area contributed by atoms with Gasteiger partial charge in [0.15, 0.2) is 0 Å². The third-order valence-corrected chi connectivity index (χ3v) is 4.57. The Morgan fingerprint density at radius 1 is 1.00 bits per heavy atom. The van der Waals surface area contributed by atoms with Crippen molar-refractivity contribution in [2.45, 2.75) is 25.7 Å². The van der Waals surface area contributed by atoms with Crippen LogP contribution in [0.5, 0.6) is 0 Å². The van der Waals surface area contributed by atoms with Crippen LogP contribution in [-0.4, -0.2) is 11.5 Å². The van der Waals surface area contributed by atoms with E-state index in [4.69, 9.17) is 4.98 Å². The Morgan fingerprint density at radius 2 is 1.74 bits per heavy atom. The van der Waals surface area contributed by atoms with Gasteiger partial charge < -0.3 is 5.32 Å². The molecule has 4 rings (SSSR count). The molecule has 0 saturated heterocycles. The van der Waals surface area contributed by atoms with Crippen molar-refractivity contribution in [2.75, 3.05) is 11.9 Å². The van der Waals surface area contributed by atoms with Crippen LogP contribution in [0.4, 0.5) is 5.82 Å². The normalized spacial score (nSPS) is 19.0. The second-order valence-electron chi connectivity index (χ2n) is 6.11. The Balaban J connectivity index is 1.48. The molecule has 1 aromatic heterocycles. The zero-order chi connectivity index (χ0) is 12.7. The summed E-state index contributed by atoms with van der Waals surface area (Å²) in [6, 6.07) is 12.6. The Labute approximate surface area is 114 Å². The summed E-state index contributed by atoms with van der Waals surface area (Å²) in [6.45, 7) is 1.11. The largest absolute Gasteiger partial charge is 0.370 e. The fourth-order valence-electron chi connectivity index (χ4n) is 3.15. The Kier molecular flexibility index (Phi) is 2.68. The minimum Gasteiger partial charge on any atom is -0.370 e. The lowest BCUT2D eigenvalue weighted by Gasteiger charge is -2.16. The summed E-state index contributed by atoms with van der Waals surface area (Å²) < 4.78 is 0. The van der Waals surface area contributed by atoms with Crippen LogP contribution in [0.15, 0.2) is 36.4 Å². The average molecular weight is 252 g/mol. The molecule has 2 heteroatoms. The Bertz CT molecular complexity index is 573. The van der Waals surface area contributed by atoms with Crippen molar-refractivity contribution in [1.82, 2.24) is 4.98 Å². The van der Waals surface area contributed by atoms with Gasteiger partial charge in [0.1, 0.15) is 5.82 Å². The molecule has 2 nitrogen and oxygen atoms in total. The van der Waals surface area contributed by atoms with Crippen LogP contribution < -0.4 is 5.32 Å². The summed E-state index contributed by atoms with van der Waals surface area (Å²) >= 11 is 0. The molecule has 1 N–H and O–H groups in total. The van der Waals surface area contributed by atoms with Gasteiger partial charge in [0, 0.05) is 11.9 Å². The second kappa shape index (κ2) is 4.52. The van der Waals surface area contributed by atoms with Gasteiger partial charge in [-0.1, -0.05) is 18.2 Å². The maximum atomic E-state index is 4.70. The minimum absolute atomic E-state index is 0.897. The second-order valence-corrected chi connectivity index (χ2v) is 6.11. The van der Waals surface area contributed by atoms with Crippen LogP contribution in [0.1, 0.15) is 25.7 Å². The molecule has 98 valence electrons. The molecule has 1 heterocycles. The third-order valence-electron chi connectivity index (χ3n) is 4.57. The van der Waals surface area contributed by atoms with Crippen LogP contribution >= 0.6 is 0 Å². The van der Waals surface area contributed by atoms with Crippen molar-refractivity contribution in [3.63, 3.8) is 0 Å². The summed E-state index contributed by atoms with van der Waals surface area (Å²) in [7, 11) is 0. The van der Waals surface area contributed by atoms with Gasteiger partial charge in [-0.25, -0.2) is 4.98 Å². The van der Waals surface area contributed by atoms with Gasteiger partial charge in [-0.3, -0.25) is 0 Å². The first-order valence-electron chi connectivity index (χ1n) is 7.50. The minimum atomic E-state index is 0.897. The van der Waals surface area contributed by atoms with Crippen LogP contribution in [0.25, 0.3) is 10.9 Å².